The Hall–Kier alpha value is -5.92. The number of phenolic OH excluding ortho intramolecular Hbond substituents is 2. The number of aliphatic hydroxyl groups excluding tert-OH is 1. The van der Waals surface area contributed by atoms with E-state index in [0.29, 0.717) is 54.9 Å². The van der Waals surface area contributed by atoms with Crippen molar-refractivity contribution in [3.8, 4) is 29.1 Å². The molecule has 0 bridgehead atoms. The number of aromatic amines is 1. The Balaban J connectivity index is 0.940. The van der Waals surface area contributed by atoms with E-state index in [-0.39, 0.29) is 48.9 Å². The van der Waals surface area contributed by atoms with E-state index in [4.69, 9.17) is 10.5 Å². The van der Waals surface area contributed by atoms with Gasteiger partial charge in [-0.3, -0.25) is 14.9 Å². The molecule has 9 nitrogen and oxygen atoms in total. The number of allylic oxidation sites excluding steroid dienone is 2. The number of hydrogen-bond donors (Lipinski definition) is 6. The summed E-state index contributed by atoms with van der Waals surface area (Å²) < 4.78 is 6.10. The molecule has 9 heteroatoms. The number of rotatable bonds is 18. The lowest BCUT2D eigenvalue weighted by Crippen LogP contribution is -2.35. The van der Waals surface area contributed by atoms with Crippen LogP contribution in [0.1, 0.15) is 124 Å². The van der Waals surface area contributed by atoms with Gasteiger partial charge in [-0.25, -0.2) is 0 Å². The van der Waals surface area contributed by atoms with Gasteiger partial charge in [-0.05, 0) is 126 Å². The van der Waals surface area contributed by atoms with Crippen molar-refractivity contribution in [1.29, 1.82) is 0 Å². The first-order valence-electron chi connectivity index (χ1n) is 22.1. The molecule has 0 saturated heterocycles. The maximum Gasteiger partial charge on any atom is 0.165 e. The molecule has 322 valence electrons. The van der Waals surface area contributed by atoms with E-state index in [1.165, 1.54) is 11.1 Å². The van der Waals surface area contributed by atoms with Crippen molar-refractivity contribution in [2.24, 2.45) is 11.7 Å². The molecule has 7 N–H and O–H groups in total. The van der Waals surface area contributed by atoms with Crippen molar-refractivity contribution < 1.29 is 29.6 Å². The van der Waals surface area contributed by atoms with Gasteiger partial charge in [-0.1, -0.05) is 79.8 Å². The van der Waals surface area contributed by atoms with Crippen LogP contribution in [0.15, 0.2) is 97.2 Å². The molecule has 0 amide bonds. The zero-order chi connectivity index (χ0) is 43.4. The molecule has 4 aromatic carbocycles. The summed E-state index contributed by atoms with van der Waals surface area (Å²) in [5.74, 6) is 7.27. The second-order valence-corrected chi connectivity index (χ2v) is 16.8. The van der Waals surface area contributed by atoms with Gasteiger partial charge in [0.25, 0.3) is 0 Å². The van der Waals surface area contributed by atoms with Crippen LogP contribution >= 0.6 is 0 Å². The molecule has 3 atom stereocenters. The van der Waals surface area contributed by atoms with Crippen molar-refractivity contribution in [2.45, 2.75) is 96.1 Å². The molecule has 1 aromatic heterocycles. The maximum atomic E-state index is 13.9. The fourth-order valence-corrected chi connectivity index (χ4v) is 8.79. The highest BCUT2D eigenvalue weighted by atomic mass is 16.5. The van der Waals surface area contributed by atoms with Crippen molar-refractivity contribution in [1.82, 2.24) is 10.3 Å². The summed E-state index contributed by atoms with van der Waals surface area (Å²) in [5, 5.41) is 34.7. The number of nitrogens with two attached hydrogens (primary N) is 1. The molecule has 2 aliphatic rings. The molecule has 2 heterocycles. The van der Waals surface area contributed by atoms with Crippen molar-refractivity contribution in [3.05, 3.63) is 159 Å². The third kappa shape index (κ3) is 11.3. The van der Waals surface area contributed by atoms with Gasteiger partial charge in [-0.15, -0.1) is 0 Å². The number of fused-ring (bicyclic) bond motifs is 3. The van der Waals surface area contributed by atoms with Gasteiger partial charge in [0, 0.05) is 66.9 Å². The highest BCUT2D eigenvalue weighted by molar-refractivity contribution is 5.98. The Kier molecular flexibility index (Phi) is 15.1. The summed E-state index contributed by atoms with van der Waals surface area (Å²) in [6, 6.07) is 25.0. The number of aliphatic hydroxyl groups is 1. The number of aromatic hydroxyl groups is 2. The summed E-state index contributed by atoms with van der Waals surface area (Å²) in [7, 11) is 0. The number of unbranched alkanes of at least 4 members (excludes halogenated alkanes) is 1. The van der Waals surface area contributed by atoms with Crippen molar-refractivity contribution in [2.75, 3.05) is 19.8 Å². The summed E-state index contributed by atoms with van der Waals surface area (Å²) in [6.07, 6.45) is 13.7. The largest absolute Gasteiger partial charge is 0.508 e. The number of Topliss-reactive ketones (excluding diaryl/α,β-unsaturated/α-hetero) is 1. The smallest absolute Gasteiger partial charge is 0.165 e. The van der Waals surface area contributed by atoms with E-state index in [9.17, 15) is 24.9 Å². The number of nitrogens with one attached hydrogen (secondary N) is 2. The maximum absolute atomic E-state index is 13.9. The van der Waals surface area contributed by atoms with Gasteiger partial charge in [0.1, 0.15) is 5.75 Å². The molecule has 0 spiro atoms. The van der Waals surface area contributed by atoms with Gasteiger partial charge in [0.05, 0.1) is 19.2 Å². The Morgan fingerprint density at radius 1 is 0.919 bits per heavy atom. The van der Waals surface area contributed by atoms with Crippen LogP contribution in [0.3, 0.4) is 0 Å². The minimum atomic E-state index is -0.463. The van der Waals surface area contributed by atoms with Crippen LogP contribution in [0, 0.1) is 17.8 Å². The number of phenols is 2. The van der Waals surface area contributed by atoms with Crippen molar-refractivity contribution >= 4 is 11.6 Å². The lowest BCUT2D eigenvalue weighted by molar-refractivity contribution is -0.114. The number of aryl methyl sites for hydroxylation is 2. The SMILES string of the molecule is C[C@H](CCC/C=C/C(=O)CCc1ccc(O)c(OCCc2ccc(O)c([C@@H]3CC(=O)c4cc[nH]c4CC#Cc4cc5c(cc43)CCN[C@@H]5N)c2)c1)CCc1ccccc1CCO. The number of ketones is 2. The lowest BCUT2D eigenvalue weighted by atomic mass is 9.79. The minimum absolute atomic E-state index is 0.0232. The summed E-state index contributed by atoms with van der Waals surface area (Å²) >= 11 is 0. The standard InChI is InChI=1S/C53H59N3O6/c1-35(14-18-38-9-5-6-10-39(38)24-28-57)8-3-2-4-12-42(58)19-15-36-17-21-50(60)52(31-36)62-29-25-37-16-20-49(59)47(30-37)46-34-51(61)43-23-27-55-48(43)13-7-11-40-33-45-41(32-44(40)46)22-26-56-53(45)54/h4-6,9-10,12,16-17,20-21,23,27,30-33,35,46,53,55-57,59-60H,2-3,8,13-15,18-19,22,24-26,28-29,34,54H2,1H3/b12-4+/t35-,46-,53+/m1/s1. The first-order chi connectivity index (χ1) is 30.2. The van der Waals surface area contributed by atoms with E-state index in [2.05, 4.69) is 53.3 Å². The Morgan fingerprint density at radius 2 is 1.71 bits per heavy atom. The first-order valence-corrected chi connectivity index (χ1v) is 22.1. The van der Waals surface area contributed by atoms with E-state index in [1.54, 1.807) is 36.5 Å². The number of aromatic nitrogens is 1. The molecule has 0 saturated carbocycles. The number of carbonyl (C=O) groups excluding carboxylic acids is 2. The van der Waals surface area contributed by atoms with E-state index in [0.717, 1.165) is 84.1 Å². The number of H-pyrrole nitrogens is 1. The van der Waals surface area contributed by atoms with Gasteiger partial charge in [-0.2, -0.15) is 0 Å². The quantitative estimate of drug-likeness (QED) is 0.0292. The molecular formula is C53H59N3O6. The fourth-order valence-electron chi connectivity index (χ4n) is 8.79. The summed E-state index contributed by atoms with van der Waals surface area (Å²) in [4.78, 5) is 29.8. The van der Waals surface area contributed by atoms with Crippen LogP contribution in [0.2, 0.25) is 0 Å². The highest BCUT2D eigenvalue weighted by Gasteiger charge is 2.29. The summed E-state index contributed by atoms with van der Waals surface area (Å²) in [6.45, 7) is 3.45. The molecule has 7 rings (SSSR count). The van der Waals surface area contributed by atoms with Crippen LogP contribution in [0.4, 0.5) is 0 Å². The van der Waals surface area contributed by atoms with Gasteiger partial charge < -0.3 is 30.8 Å². The van der Waals surface area contributed by atoms with Gasteiger partial charge in [0.15, 0.2) is 23.1 Å². The van der Waals surface area contributed by atoms with E-state index >= 15 is 0 Å². The zero-order valence-electron chi connectivity index (χ0n) is 35.7. The minimum Gasteiger partial charge on any atom is -0.508 e. The predicted molar refractivity (Wildman–Crippen MR) is 244 cm³/mol. The van der Waals surface area contributed by atoms with Crippen LogP contribution in [-0.2, 0) is 43.3 Å². The molecule has 1 aliphatic heterocycles. The number of benzene rings is 4. The second-order valence-electron chi connectivity index (χ2n) is 16.8. The van der Waals surface area contributed by atoms with Crippen LogP contribution in [0.5, 0.6) is 17.2 Å². The topological polar surface area (TPSA) is 158 Å². The fraction of sp³-hybridized carbons (Fsp3) is 0.358. The molecule has 0 radical (unpaired) electrons. The summed E-state index contributed by atoms with van der Waals surface area (Å²) in [5.41, 5.74) is 16.6. The number of carbonyl (C=O) groups is 2. The van der Waals surface area contributed by atoms with Gasteiger partial charge in [0.2, 0.25) is 0 Å². The van der Waals surface area contributed by atoms with Gasteiger partial charge >= 0.3 is 0 Å². The molecule has 1 aliphatic carbocycles. The number of hydrogen-bond acceptors (Lipinski definition) is 8. The van der Waals surface area contributed by atoms with E-state index in [1.807, 2.05) is 36.4 Å². The normalized spacial score (nSPS) is 16.5. The van der Waals surface area contributed by atoms with Crippen LogP contribution in [-0.4, -0.2) is 51.6 Å². The Bertz CT molecular complexity index is 2450. The second kappa shape index (κ2) is 21.2. The van der Waals surface area contributed by atoms with E-state index < -0.39 is 5.92 Å². The molecule has 0 fully saturated rings. The number of ether oxygens (including phenoxy) is 1. The average Bonchev–Trinajstić information content (AvgIpc) is 3.75. The molecule has 62 heavy (non-hydrogen) atoms. The highest BCUT2D eigenvalue weighted by Crippen LogP contribution is 2.40. The third-order valence-electron chi connectivity index (χ3n) is 12.4. The van der Waals surface area contributed by atoms with Crippen LogP contribution in [0.25, 0.3) is 0 Å². The Morgan fingerprint density at radius 3 is 2.53 bits per heavy atom. The average molecular weight is 834 g/mol. The third-order valence-corrected chi connectivity index (χ3v) is 12.4. The zero-order valence-corrected chi connectivity index (χ0v) is 35.7. The monoisotopic (exact) mass is 833 g/mol. The molecule has 0 unspecified atom stereocenters. The molecular weight excluding hydrogens is 775 g/mol. The molecule has 5 aromatic rings. The van der Waals surface area contributed by atoms with Crippen molar-refractivity contribution in [3.63, 3.8) is 0 Å². The Labute approximate surface area is 365 Å². The first kappa shape index (κ1) is 44.1. The van der Waals surface area contributed by atoms with Crippen LogP contribution < -0.4 is 15.8 Å². The predicted octanol–water partition coefficient (Wildman–Crippen LogP) is 8.49. The lowest BCUT2D eigenvalue weighted by Gasteiger charge is -2.28.